The summed E-state index contributed by atoms with van der Waals surface area (Å²) in [6, 6.07) is 6.89. The summed E-state index contributed by atoms with van der Waals surface area (Å²) in [5, 5.41) is 12.6. The lowest BCUT2D eigenvalue weighted by molar-refractivity contribution is 0.550. The number of halogens is 2. The van der Waals surface area contributed by atoms with Gasteiger partial charge in [-0.25, -0.2) is 4.39 Å². The zero-order valence-electron chi connectivity index (χ0n) is 9.47. The monoisotopic (exact) mass is 252 g/mol. The molecule has 1 aromatic rings. The molecule has 0 bridgehead atoms. The molecule has 0 spiro atoms. The van der Waals surface area contributed by atoms with Crippen molar-refractivity contribution >= 4 is 11.6 Å². The molecule has 0 unspecified atom stereocenters. The van der Waals surface area contributed by atoms with Crippen LogP contribution in [0.5, 0.6) is 0 Å². The van der Waals surface area contributed by atoms with E-state index in [2.05, 4.69) is 11.4 Å². The topological polar surface area (TPSA) is 35.8 Å². The van der Waals surface area contributed by atoms with Crippen LogP contribution in [0.3, 0.4) is 0 Å². The van der Waals surface area contributed by atoms with E-state index in [0.29, 0.717) is 30.1 Å². The summed E-state index contributed by atoms with van der Waals surface area (Å²) in [6.45, 7) is 1.37. The quantitative estimate of drug-likeness (QED) is 0.818. The third-order valence-electron chi connectivity index (χ3n) is 3.13. The van der Waals surface area contributed by atoms with Crippen molar-refractivity contribution in [2.24, 2.45) is 5.41 Å². The number of nitrogens with one attached hydrogen (secondary N) is 1. The molecule has 1 saturated carbocycles. The lowest BCUT2D eigenvalue weighted by Gasteiger charge is -2.08. The zero-order valence-corrected chi connectivity index (χ0v) is 10.2. The third kappa shape index (κ3) is 3.18. The second kappa shape index (κ2) is 5.03. The fourth-order valence-electron chi connectivity index (χ4n) is 1.76. The molecule has 1 aliphatic carbocycles. The Bertz CT molecular complexity index is 449. The fourth-order valence-corrected chi connectivity index (χ4v) is 1.96. The first-order chi connectivity index (χ1) is 8.15. The molecule has 0 atom stereocenters. The molecule has 0 amide bonds. The van der Waals surface area contributed by atoms with Crippen LogP contribution in [-0.2, 0) is 6.42 Å². The molecule has 0 saturated heterocycles. The van der Waals surface area contributed by atoms with E-state index >= 15 is 0 Å². The minimum atomic E-state index is -0.224. The van der Waals surface area contributed by atoms with E-state index in [-0.39, 0.29) is 11.2 Å². The number of rotatable bonds is 5. The summed E-state index contributed by atoms with van der Waals surface area (Å²) >= 11 is 5.80. The van der Waals surface area contributed by atoms with E-state index in [1.807, 2.05) is 0 Å². The van der Waals surface area contributed by atoms with Crippen LogP contribution in [0.2, 0.25) is 5.02 Å². The minimum absolute atomic E-state index is 0.146. The number of nitrogens with zero attached hydrogens (tertiary/aromatic N) is 1. The van der Waals surface area contributed by atoms with Gasteiger partial charge >= 0.3 is 0 Å². The Balaban J connectivity index is 1.78. The van der Waals surface area contributed by atoms with Crippen LogP contribution in [-0.4, -0.2) is 13.1 Å². The van der Waals surface area contributed by atoms with Crippen LogP contribution in [0.4, 0.5) is 4.39 Å². The molecule has 0 heterocycles. The van der Waals surface area contributed by atoms with Gasteiger partial charge in [0.2, 0.25) is 0 Å². The standard InChI is InChI=1S/C13H14ClFN2/c14-11-1-2-12(15)10(7-11)3-6-17-9-13(8-16)4-5-13/h1-2,7,17H,3-6,9H2. The lowest BCUT2D eigenvalue weighted by atomic mass is 10.1. The average molecular weight is 253 g/mol. The Hall–Kier alpha value is -1.11. The molecule has 2 rings (SSSR count). The van der Waals surface area contributed by atoms with Crippen molar-refractivity contribution in [3.63, 3.8) is 0 Å². The molecule has 4 heteroatoms. The highest BCUT2D eigenvalue weighted by atomic mass is 35.5. The van der Waals surface area contributed by atoms with Crippen LogP contribution in [0.1, 0.15) is 18.4 Å². The third-order valence-corrected chi connectivity index (χ3v) is 3.37. The van der Waals surface area contributed by atoms with Gasteiger partial charge in [-0.05, 0) is 49.6 Å². The molecule has 17 heavy (non-hydrogen) atoms. The zero-order chi connectivity index (χ0) is 12.3. The van der Waals surface area contributed by atoms with Gasteiger partial charge in [-0.3, -0.25) is 0 Å². The average Bonchev–Trinajstić information content (AvgIpc) is 3.10. The first-order valence-corrected chi connectivity index (χ1v) is 6.09. The van der Waals surface area contributed by atoms with Crippen molar-refractivity contribution in [2.45, 2.75) is 19.3 Å². The summed E-state index contributed by atoms with van der Waals surface area (Å²) in [5.41, 5.74) is 0.471. The normalized spacial score (nSPS) is 16.5. The van der Waals surface area contributed by atoms with Gasteiger partial charge in [0, 0.05) is 11.6 Å². The van der Waals surface area contributed by atoms with Crippen LogP contribution in [0.15, 0.2) is 18.2 Å². The Morgan fingerprint density at radius 2 is 2.24 bits per heavy atom. The van der Waals surface area contributed by atoms with Crippen molar-refractivity contribution < 1.29 is 4.39 Å². The molecule has 1 aromatic carbocycles. The van der Waals surface area contributed by atoms with Gasteiger partial charge < -0.3 is 5.32 Å². The van der Waals surface area contributed by atoms with Crippen molar-refractivity contribution in [1.29, 1.82) is 5.26 Å². The minimum Gasteiger partial charge on any atom is -0.315 e. The van der Waals surface area contributed by atoms with Crippen LogP contribution in [0, 0.1) is 22.6 Å². The number of hydrogen-bond donors (Lipinski definition) is 1. The van der Waals surface area contributed by atoms with Crippen molar-refractivity contribution in [1.82, 2.24) is 5.32 Å². The molecular weight excluding hydrogens is 239 g/mol. The predicted octanol–water partition coefficient (Wildman–Crippen LogP) is 2.91. The number of benzene rings is 1. The summed E-state index contributed by atoms with van der Waals surface area (Å²) in [5.74, 6) is -0.224. The van der Waals surface area contributed by atoms with E-state index in [9.17, 15) is 4.39 Å². The fraction of sp³-hybridized carbons (Fsp3) is 0.462. The van der Waals surface area contributed by atoms with Crippen LogP contribution in [0.25, 0.3) is 0 Å². The Morgan fingerprint density at radius 1 is 1.47 bits per heavy atom. The van der Waals surface area contributed by atoms with Gasteiger partial charge in [-0.1, -0.05) is 11.6 Å². The molecule has 1 N–H and O–H groups in total. The van der Waals surface area contributed by atoms with Crippen molar-refractivity contribution in [3.8, 4) is 6.07 Å². The SMILES string of the molecule is N#CC1(CNCCc2cc(Cl)ccc2F)CC1. The highest BCUT2D eigenvalue weighted by molar-refractivity contribution is 6.30. The maximum atomic E-state index is 13.4. The van der Waals surface area contributed by atoms with Crippen LogP contribution < -0.4 is 5.32 Å². The molecular formula is C13H14ClFN2. The van der Waals surface area contributed by atoms with Gasteiger partial charge in [-0.2, -0.15) is 5.26 Å². The molecule has 1 aliphatic rings. The molecule has 0 aromatic heterocycles. The Kier molecular flexibility index (Phi) is 3.66. The first kappa shape index (κ1) is 12.3. The van der Waals surface area contributed by atoms with E-state index in [4.69, 9.17) is 16.9 Å². The highest BCUT2D eigenvalue weighted by Crippen LogP contribution is 2.43. The second-order valence-corrected chi connectivity index (χ2v) is 4.99. The maximum Gasteiger partial charge on any atom is 0.126 e. The lowest BCUT2D eigenvalue weighted by Crippen LogP contribution is -2.25. The highest BCUT2D eigenvalue weighted by Gasteiger charge is 2.42. The Labute approximate surface area is 105 Å². The summed E-state index contributed by atoms with van der Waals surface area (Å²) < 4.78 is 13.4. The smallest absolute Gasteiger partial charge is 0.126 e. The van der Waals surface area contributed by atoms with E-state index in [1.54, 1.807) is 12.1 Å². The van der Waals surface area contributed by atoms with Gasteiger partial charge in [0.1, 0.15) is 5.82 Å². The molecule has 1 fully saturated rings. The summed E-state index contributed by atoms with van der Waals surface area (Å²) in [6.07, 6.45) is 2.54. The van der Waals surface area contributed by atoms with Gasteiger partial charge in [0.25, 0.3) is 0 Å². The van der Waals surface area contributed by atoms with Crippen LogP contribution >= 0.6 is 11.6 Å². The van der Waals surface area contributed by atoms with Gasteiger partial charge in [-0.15, -0.1) is 0 Å². The summed E-state index contributed by atoms with van der Waals surface area (Å²) in [7, 11) is 0. The number of nitriles is 1. The maximum absolute atomic E-state index is 13.4. The first-order valence-electron chi connectivity index (χ1n) is 5.71. The van der Waals surface area contributed by atoms with Gasteiger partial charge in [0.05, 0.1) is 11.5 Å². The predicted molar refractivity (Wildman–Crippen MR) is 65.3 cm³/mol. The largest absolute Gasteiger partial charge is 0.315 e. The van der Waals surface area contributed by atoms with E-state index in [0.717, 1.165) is 12.8 Å². The van der Waals surface area contributed by atoms with Gasteiger partial charge in [0.15, 0.2) is 0 Å². The molecule has 0 radical (unpaired) electrons. The summed E-state index contributed by atoms with van der Waals surface area (Å²) in [4.78, 5) is 0. The van der Waals surface area contributed by atoms with Crippen molar-refractivity contribution in [3.05, 3.63) is 34.6 Å². The Morgan fingerprint density at radius 3 is 2.88 bits per heavy atom. The molecule has 0 aliphatic heterocycles. The second-order valence-electron chi connectivity index (χ2n) is 4.55. The molecule has 90 valence electrons. The van der Waals surface area contributed by atoms with E-state index in [1.165, 1.54) is 6.07 Å². The number of hydrogen-bond acceptors (Lipinski definition) is 2. The van der Waals surface area contributed by atoms with E-state index < -0.39 is 0 Å². The molecule has 2 nitrogen and oxygen atoms in total. The van der Waals surface area contributed by atoms with Crippen molar-refractivity contribution in [2.75, 3.05) is 13.1 Å².